The predicted octanol–water partition coefficient (Wildman–Crippen LogP) is 1.74. The van der Waals surface area contributed by atoms with Crippen molar-refractivity contribution < 1.29 is 22.7 Å². The fourth-order valence-corrected chi connectivity index (χ4v) is 4.01. The summed E-state index contributed by atoms with van der Waals surface area (Å²) < 4.78 is 32.4. The number of nitrogens with one attached hydrogen (secondary N) is 1. The van der Waals surface area contributed by atoms with Crippen LogP contribution in [-0.4, -0.2) is 49.9 Å². The van der Waals surface area contributed by atoms with Gasteiger partial charge in [-0.2, -0.15) is 0 Å². The maximum Gasteiger partial charge on any atom is 0.340 e. The number of amidine groups is 1. The van der Waals surface area contributed by atoms with Crippen molar-refractivity contribution in [1.82, 2.24) is 4.90 Å². The summed E-state index contributed by atoms with van der Waals surface area (Å²) in [5.74, 6) is -1.03. The van der Waals surface area contributed by atoms with Gasteiger partial charge in [-0.1, -0.05) is 6.07 Å². The highest BCUT2D eigenvalue weighted by Crippen LogP contribution is 2.23. The van der Waals surface area contributed by atoms with Crippen LogP contribution in [0.4, 0.5) is 5.69 Å². The third-order valence-electron chi connectivity index (χ3n) is 3.79. The summed E-state index contributed by atoms with van der Waals surface area (Å²) in [5.41, 5.74) is 1.82. The van der Waals surface area contributed by atoms with Crippen molar-refractivity contribution in [3.05, 3.63) is 52.2 Å². The largest absolute Gasteiger partial charge is 0.452 e. The summed E-state index contributed by atoms with van der Waals surface area (Å²) in [6, 6.07) is 5.45. The Morgan fingerprint density at radius 1 is 1.33 bits per heavy atom. The molecule has 0 spiro atoms. The van der Waals surface area contributed by atoms with Crippen molar-refractivity contribution in [3.8, 4) is 0 Å². The van der Waals surface area contributed by atoms with E-state index in [-0.39, 0.29) is 23.7 Å². The van der Waals surface area contributed by atoms with Crippen molar-refractivity contribution in [2.75, 3.05) is 24.2 Å². The number of sulfonamides is 1. The molecule has 0 aliphatic carbocycles. The molecule has 10 heteroatoms. The van der Waals surface area contributed by atoms with Gasteiger partial charge in [0, 0.05) is 17.2 Å². The first-order chi connectivity index (χ1) is 12.7. The Bertz CT molecular complexity index is 998. The molecule has 0 bridgehead atoms. The highest BCUT2D eigenvalue weighted by Gasteiger charge is 2.25. The third-order valence-corrected chi connectivity index (χ3v) is 5.61. The average Bonchev–Trinajstić information content (AvgIpc) is 2.61. The van der Waals surface area contributed by atoms with Crippen LogP contribution in [0.3, 0.4) is 0 Å². The van der Waals surface area contributed by atoms with Crippen LogP contribution in [0.2, 0.25) is 0 Å². The number of fused-ring (bicyclic) bond motifs is 1. The molecule has 142 valence electrons. The second kappa shape index (κ2) is 7.65. The lowest BCUT2D eigenvalue weighted by molar-refractivity contribution is -0.143. The first-order valence-electron chi connectivity index (χ1n) is 7.96. The molecule has 1 aromatic carbocycles. The van der Waals surface area contributed by atoms with E-state index in [1.54, 1.807) is 11.0 Å². The van der Waals surface area contributed by atoms with Gasteiger partial charge in [-0.05, 0) is 52.7 Å². The van der Waals surface area contributed by atoms with E-state index < -0.39 is 28.5 Å². The highest BCUT2D eigenvalue weighted by molar-refractivity contribution is 9.10. The van der Waals surface area contributed by atoms with Gasteiger partial charge in [0.1, 0.15) is 5.84 Å². The number of benzene rings is 1. The van der Waals surface area contributed by atoms with Gasteiger partial charge >= 0.3 is 5.97 Å². The number of carbonyl (C=O) groups excluding carboxylic acids is 2. The Balaban J connectivity index is 1.58. The second-order valence-electron chi connectivity index (χ2n) is 5.95. The van der Waals surface area contributed by atoms with Crippen molar-refractivity contribution in [3.63, 3.8) is 0 Å². The number of anilines is 1. The summed E-state index contributed by atoms with van der Waals surface area (Å²) in [5, 5.41) is 2.65. The fourth-order valence-electron chi connectivity index (χ4n) is 2.44. The lowest BCUT2D eigenvalue weighted by Gasteiger charge is -2.26. The number of hydrogen-bond acceptors (Lipinski definition) is 6. The summed E-state index contributed by atoms with van der Waals surface area (Å²) in [6.07, 6.45) is 4.30. The number of esters is 1. The summed E-state index contributed by atoms with van der Waals surface area (Å²) >= 11 is 3.36. The number of ether oxygens (including phenoxy) is 1. The van der Waals surface area contributed by atoms with Gasteiger partial charge in [0.15, 0.2) is 6.61 Å². The molecule has 0 atom stereocenters. The summed E-state index contributed by atoms with van der Waals surface area (Å²) in [7, 11) is -3.46. The summed E-state index contributed by atoms with van der Waals surface area (Å²) in [6.45, 7) is 1.68. The Morgan fingerprint density at radius 2 is 2.11 bits per heavy atom. The minimum atomic E-state index is -3.46. The lowest BCUT2D eigenvalue weighted by Crippen LogP contribution is -2.37. The normalized spacial score (nSPS) is 17.5. The number of halogens is 1. The Labute approximate surface area is 164 Å². The topological polar surface area (TPSA) is 105 Å². The van der Waals surface area contributed by atoms with Crippen LogP contribution in [0.5, 0.6) is 0 Å². The van der Waals surface area contributed by atoms with Crippen molar-refractivity contribution >= 4 is 49.4 Å². The van der Waals surface area contributed by atoms with E-state index in [0.717, 1.165) is 10.0 Å². The maximum absolute atomic E-state index is 12.2. The number of nitrogens with zero attached hydrogens (tertiary/aromatic N) is 2. The first kappa shape index (κ1) is 19.3. The van der Waals surface area contributed by atoms with Gasteiger partial charge in [-0.3, -0.25) is 4.79 Å². The van der Waals surface area contributed by atoms with E-state index in [1.807, 2.05) is 19.1 Å². The Hall–Kier alpha value is -2.46. The van der Waals surface area contributed by atoms with Gasteiger partial charge in [0.25, 0.3) is 15.9 Å². The van der Waals surface area contributed by atoms with Gasteiger partial charge in [0.2, 0.25) is 0 Å². The van der Waals surface area contributed by atoms with Gasteiger partial charge in [0.05, 0.1) is 17.0 Å². The van der Waals surface area contributed by atoms with Crippen molar-refractivity contribution in [2.45, 2.75) is 6.92 Å². The Morgan fingerprint density at radius 3 is 2.85 bits per heavy atom. The molecule has 0 unspecified atom stereocenters. The zero-order chi connectivity index (χ0) is 19.6. The zero-order valence-electron chi connectivity index (χ0n) is 14.3. The molecule has 0 fully saturated rings. The molecule has 1 N–H and O–H groups in total. The molecule has 0 radical (unpaired) electrons. The van der Waals surface area contributed by atoms with E-state index in [1.165, 1.54) is 18.4 Å². The number of aryl methyl sites for hydroxylation is 1. The Kier molecular flexibility index (Phi) is 5.47. The van der Waals surface area contributed by atoms with Gasteiger partial charge in [-0.15, -0.1) is 4.40 Å². The van der Waals surface area contributed by atoms with Crippen LogP contribution in [-0.2, 0) is 24.3 Å². The third kappa shape index (κ3) is 4.83. The number of amides is 1. The quantitative estimate of drug-likeness (QED) is 0.695. The van der Waals surface area contributed by atoms with E-state index in [2.05, 4.69) is 25.6 Å². The molecule has 27 heavy (non-hydrogen) atoms. The number of carbonyl (C=O) groups is 2. The molecule has 2 heterocycles. The molecule has 2 aliphatic heterocycles. The van der Waals surface area contributed by atoms with Gasteiger partial charge in [-0.25, -0.2) is 13.2 Å². The van der Waals surface area contributed by atoms with E-state index in [0.29, 0.717) is 5.69 Å². The first-order valence-corrected chi connectivity index (χ1v) is 10.4. The SMILES string of the molecule is Cc1ccc(NC(=O)COC(=O)C2=CN3CCS(=O)(=O)N=C3C=C2)c(Br)c1. The van der Waals surface area contributed by atoms with E-state index in [9.17, 15) is 18.0 Å². The summed E-state index contributed by atoms with van der Waals surface area (Å²) in [4.78, 5) is 25.7. The van der Waals surface area contributed by atoms with Crippen LogP contribution in [0.1, 0.15) is 5.56 Å². The molecule has 0 saturated heterocycles. The molecule has 1 amide bonds. The standard InChI is InChI=1S/C17H16BrN3O5S/c1-11-2-4-14(13(18)8-11)19-16(22)10-26-17(23)12-3-5-15-20-27(24,25)7-6-21(15)9-12/h2-5,8-9H,6-7,10H2,1H3,(H,19,22). The monoisotopic (exact) mass is 453 g/mol. The molecule has 8 nitrogen and oxygen atoms in total. The minimum absolute atomic E-state index is 0.128. The predicted molar refractivity (Wildman–Crippen MR) is 104 cm³/mol. The molecule has 3 rings (SSSR count). The molecule has 1 aromatic rings. The number of hydrogen-bond donors (Lipinski definition) is 1. The molecule has 2 aliphatic rings. The zero-order valence-corrected chi connectivity index (χ0v) is 16.7. The highest BCUT2D eigenvalue weighted by atomic mass is 79.9. The fraction of sp³-hybridized carbons (Fsp3) is 0.235. The molecular formula is C17H16BrN3O5S. The number of rotatable bonds is 4. The maximum atomic E-state index is 12.2. The van der Waals surface area contributed by atoms with Crippen LogP contribution in [0.25, 0.3) is 0 Å². The van der Waals surface area contributed by atoms with Gasteiger partial charge < -0.3 is 15.0 Å². The van der Waals surface area contributed by atoms with Crippen molar-refractivity contribution in [1.29, 1.82) is 0 Å². The average molecular weight is 454 g/mol. The van der Waals surface area contributed by atoms with E-state index in [4.69, 9.17) is 4.74 Å². The lowest BCUT2D eigenvalue weighted by atomic mass is 10.2. The van der Waals surface area contributed by atoms with Crippen molar-refractivity contribution in [2.24, 2.45) is 4.40 Å². The smallest absolute Gasteiger partial charge is 0.340 e. The van der Waals surface area contributed by atoms with Crippen LogP contribution in [0, 0.1) is 6.92 Å². The van der Waals surface area contributed by atoms with E-state index >= 15 is 0 Å². The van der Waals surface area contributed by atoms with Crippen LogP contribution >= 0.6 is 15.9 Å². The molecular weight excluding hydrogens is 438 g/mol. The van der Waals surface area contributed by atoms with Crippen LogP contribution in [0.15, 0.2) is 51.0 Å². The second-order valence-corrected chi connectivity index (χ2v) is 8.56. The molecule has 0 saturated carbocycles. The minimum Gasteiger partial charge on any atom is -0.452 e. The molecule has 0 aromatic heterocycles. The van der Waals surface area contributed by atoms with Crippen LogP contribution < -0.4 is 5.32 Å².